The molecule has 0 radical (unpaired) electrons. The van der Waals surface area contributed by atoms with Gasteiger partial charge in [-0.15, -0.1) is 0 Å². The van der Waals surface area contributed by atoms with Crippen molar-refractivity contribution in [2.45, 2.75) is 20.4 Å². The predicted octanol–water partition coefficient (Wildman–Crippen LogP) is 2.19. The number of rotatable bonds is 2. The van der Waals surface area contributed by atoms with Crippen molar-refractivity contribution in [3.05, 3.63) is 17.7 Å². The average Bonchev–Trinajstić information content (AvgIpc) is 2.13. The molecule has 0 saturated heterocycles. The van der Waals surface area contributed by atoms with E-state index in [2.05, 4.69) is 18.8 Å². The SMILES string of the molecule is CC(C)Cn1cnc(Cl)c1. The van der Waals surface area contributed by atoms with Crippen LogP contribution in [0.4, 0.5) is 0 Å². The van der Waals surface area contributed by atoms with Crippen LogP contribution in [0, 0.1) is 5.92 Å². The molecule has 0 N–H and O–H groups in total. The van der Waals surface area contributed by atoms with Gasteiger partial charge in [0.2, 0.25) is 0 Å². The molecule has 0 amide bonds. The van der Waals surface area contributed by atoms with Crippen LogP contribution < -0.4 is 0 Å². The van der Waals surface area contributed by atoms with Gasteiger partial charge in [0.15, 0.2) is 0 Å². The van der Waals surface area contributed by atoms with E-state index in [1.807, 2.05) is 10.8 Å². The van der Waals surface area contributed by atoms with Gasteiger partial charge < -0.3 is 4.57 Å². The molecular formula is C7H11ClN2. The number of halogens is 1. The van der Waals surface area contributed by atoms with Crippen LogP contribution in [-0.4, -0.2) is 9.55 Å². The van der Waals surface area contributed by atoms with Gasteiger partial charge in [0.25, 0.3) is 0 Å². The highest BCUT2D eigenvalue weighted by Crippen LogP contribution is 2.05. The van der Waals surface area contributed by atoms with Crippen molar-refractivity contribution in [1.29, 1.82) is 0 Å². The third-order valence-corrected chi connectivity index (χ3v) is 1.37. The summed E-state index contributed by atoms with van der Waals surface area (Å²) in [5, 5.41) is 0.570. The topological polar surface area (TPSA) is 17.8 Å². The van der Waals surface area contributed by atoms with Crippen molar-refractivity contribution in [1.82, 2.24) is 9.55 Å². The highest BCUT2D eigenvalue weighted by Gasteiger charge is 1.96. The minimum absolute atomic E-state index is 0.570. The summed E-state index contributed by atoms with van der Waals surface area (Å²) in [5.74, 6) is 0.644. The zero-order valence-corrected chi connectivity index (χ0v) is 6.97. The average molecular weight is 159 g/mol. The number of nitrogens with zero attached hydrogens (tertiary/aromatic N) is 2. The van der Waals surface area contributed by atoms with Crippen LogP contribution in [0.25, 0.3) is 0 Å². The second-order valence-corrected chi connectivity index (χ2v) is 3.17. The zero-order valence-electron chi connectivity index (χ0n) is 6.21. The van der Waals surface area contributed by atoms with Crippen LogP contribution >= 0.6 is 11.6 Å². The fourth-order valence-electron chi connectivity index (χ4n) is 0.854. The lowest BCUT2D eigenvalue weighted by Crippen LogP contribution is -2.00. The molecule has 3 heteroatoms. The summed E-state index contributed by atoms with van der Waals surface area (Å²) in [4.78, 5) is 3.90. The number of imidazole rings is 1. The minimum atomic E-state index is 0.570. The summed E-state index contributed by atoms with van der Waals surface area (Å²) in [6.45, 7) is 5.31. The highest BCUT2D eigenvalue weighted by molar-refractivity contribution is 6.29. The summed E-state index contributed by atoms with van der Waals surface area (Å²) >= 11 is 5.61. The summed E-state index contributed by atoms with van der Waals surface area (Å²) in [6.07, 6.45) is 3.59. The van der Waals surface area contributed by atoms with Crippen LogP contribution in [0.1, 0.15) is 13.8 Å². The number of hydrogen-bond donors (Lipinski definition) is 0. The van der Waals surface area contributed by atoms with E-state index in [1.165, 1.54) is 0 Å². The van der Waals surface area contributed by atoms with Gasteiger partial charge in [-0.3, -0.25) is 0 Å². The molecule has 1 heterocycles. The van der Waals surface area contributed by atoms with Gasteiger partial charge in [-0.25, -0.2) is 4.98 Å². The van der Waals surface area contributed by atoms with Crippen LogP contribution in [0.15, 0.2) is 12.5 Å². The normalized spacial score (nSPS) is 10.8. The molecule has 1 aromatic rings. The first-order chi connectivity index (χ1) is 4.68. The van der Waals surface area contributed by atoms with Crippen molar-refractivity contribution in [3.8, 4) is 0 Å². The first kappa shape index (κ1) is 7.61. The van der Waals surface area contributed by atoms with Gasteiger partial charge in [0, 0.05) is 12.7 Å². The Morgan fingerprint density at radius 2 is 2.40 bits per heavy atom. The standard InChI is InChI=1S/C7H11ClN2/c1-6(2)3-10-4-7(8)9-5-10/h4-6H,3H2,1-2H3. The quantitative estimate of drug-likeness (QED) is 0.645. The first-order valence-electron chi connectivity index (χ1n) is 3.36. The predicted molar refractivity (Wildman–Crippen MR) is 42.1 cm³/mol. The molecule has 1 rings (SSSR count). The van der Waals surface area contributed by atoms with Crippen molar-refractivity contribution < 1.29 is 0 Å². The molecule has 0 atom stereocenters. The zero-order chi connectivity index (χ0) is 7.56. The monoisotopic (exact) mass is 158 g/mol. The van der Waals surface area contributed by atoms with Crippen molar-refractivity contribution in [2.75, 3.05) is 0 Å². The number of hydrogen-bond acceptors (Lipinski definition) is 1. The van der Waals surface area contributed by atoms with Gasteiger partial charge in [0.1, 0.15) is 5.15 Å². The first-order valence-corrected chi connectivity index (χ1v) is 3.73. The molecule has 0 unspecified atom stereocenters. The molecule has 0 saturated carbocycles. The Morgan fingerprint density at radius 3 is 2.80 bits per heavy atom. The van der Waals surface area contributed by atoms with Crippen molar-refractivity contribution in [2.24, 2.45) is 5.92 Å². The highest BCUT2D eigenvalue weighted by atomic mass is 35.5. The lowest BCUT2D eigenvalue weighted by molar-refractivity contribution is 0.523. The van der Waals surface area contributed by atoms with Crippen molar-refractivity contribution >= 4 is 11.6 Å². The summed E-state index contributed by atoms with van der Waals surface area (Å²) in [5.41, 5.74) is 0. The Labute approximate surface area is 65.8 Å². The Bertz CT molecular complexity index is 205. The maximum atomic E-state index is 5.61. The summed E-state index contributed by atoms with van der Waals surface area (Å²) in [7, 11) is 0. The van der Waals surface area contributed by atoms with Crippen LogP contribution in [0.5, 0.6) is 0 Å². The van der Waals surface area contributed by atoms with Gasteiger partial charge in [-0.2, -0.15) is 0 Å². The van der Waals surface area contributed by atoms with E-state index in [0.717, 1.165) is 6.54 Å². The van der Waals surface area contributed by atoms with Gasteiger partial charge in [0.05, 0.1) is 6.33 Å². The molecule has 0 aliphatic heterocycles. The maximum absolute atomic E-state index is 5.61. The van der Waals surface area contributed by atoms with E-state index in [1.54, 1.807) is 6.33 Å². The second-order valence-electron chi connectivity index (χ2n) is 2.79. The van der Waals surface area contributed by atoms with Gasteiger partial charge >= 0.3 is 0 Å². The van der Waals surface area contributed by atoms with Crippen LogP contribution in [-0.2, 0) is 6.54 Å². The van der Waals surface area contributed by atoms with Gasteiger partial charge in [-0.1, -0.05) is 25.4 Å². The minimum Gasteiger partial charge on any atom is -0.336 e. The smallest absolute Gasteiger partial charge is 0.146 e. The lowest BCUT2D eigenvalue weighted by Gasteiger charge is -2.03. The Balaban J connectivity index is 2.58. The van der Waals surface area contributed by atoms with E-state index in [4.69, 9.17) is 11.6 Å². The molecule has 0 spiro atoms. The van der Waals surface area contributed by atoms with E-state index in [0.29, 0.717) is 11.1 Å². The fourth-order valence-corrected chi connectivity index (χ4v) is 1.02. The maximum Gasteiger partial charge on any atom is 0.146 e. The molecule has 0 fully saturated rings. The molecule has 10 heavy (non-hydrogen) atoms. The van der Waals surface area contributed by atoms with Crippen molar-refractivity contribution in [3.63, 3.8) is 0 Å². The lowest BCUT2D eigenvalue weighted by atomic mass is 10.2. The molecular weight excluding hydrogens is 148 g/mol. The molecule has 0 aliphatic carbocycles. The largest absolute Gasteiger partial charge is 0.336 e. The molecule has 1 aromatic heterocycles. The van der Waals surface area contributed by atoms with E-state index in [-0.39, 0.29) is 0 Å². The Morgan fingerprint density at radius 1 is 1.70 bits per heavy atom. The Hall–Kier alpha value is -0.500. The fraction of sp³-hybridized carbons (Fsp3) is 0.571. The molecule has 0 aromatic carbocycles. The van der Waals surface area contributed by atoms with Crippen LogP contribution in [0.2, 0.25) is 5.15 Å². The van der Waals surface area contributed by atoms with Gasteiger partial charge in [-0.05, 0) is 5.92 Å². The third kappa shape index (κ3) is 2.03. The van der Waals surface area contributed by atoms with E-state index >= 15 is 0 Å². The summed E-state index contributed by atoms with van der Waals surface area (Å²) < 4.78 is 1.99. The molecule has 0 aliphatic rings. The molecule has 2 nitrogen and oxygen atoms in total. The second kappa shape index (κ2) is 3.06. The third-order valence-electron chi connectivity index (χ3n) is 1.18. The molecule has 56 valence electrons. The van der Waals surface area contributed by atoms with E-state index in [9.17, 15) is 0 Å². The summed E-state index contributed by atoms with van der Waals surface area (Å²) in [6, 6.07) is 0. The molecule has 0 bridgehead atoms. The number of aromatic nitrogens is 2. The van der Waals surface area contributed by atoms with Crippen LogP contribution in [0.3, 0.4) is 0 Å². The van der Waals surface area contributed by atoms with E-state index < -0.39 is 0 Å². The Kier molecular flexibility index (Phi) is 2.33.